The maximum Gasteiger partial charge on any atom is 0.0484 e. The summed E-state index contributed by atoms with van der Waals surface area (Å²) in [6.07, 6.45) is 1.26. The predicted molar refractivity (Wildman–Crippen MR) is 55.2 cm³/mol. The van der Waals surface area contributed by atoms with Gasteiger partial charge in [0.1, 0.15) is 0 Å². The summed E-state index contributed by atoms with van der Waals surface area (Å²) >= 11 is 1.86. The van der Waals surface area contributed by atoms with Crippen LogP contribution >= 0.6 is 11.3 Å². The lowest BCUT2D eigenvalue weighted by Gasteiger charge is -2.39. The minimum absolute atomic E-state index is 0.670. The van der Waals surface area contributed by atoms with Crippen molar-refractivity contribution in [2.24, 2.45) is 0 Å². The van der Waals surface area contributed by atoms with Gasteiger partial charge in [0.2, 0.25) is 0 Å². The number of nitrogens with one attached hydrogen (secondary N) is 1. The summed E-state index contributed by atoms with van der Waals surface area (Å²) in [5.74, 6) is 0. The van der Waals surface area contributed by atoms with E-state index in [-0.39, 0.29) is 0 Å². The number of piperazine rings is 1. The monoisotopic (exact) mass is 194 g/mol. The second-order valence-electron chi connectivity index (χ2n) is 3.86. The van der Waals surface area contributed by atoms with Crippen LogP contribution in [0.3, 0.4) is 0 Å². The minimum Gasteiger partial charge on any atom is -0.314 e. The van der Waals surface area contributed by atoms with E-state index < -0.39 is 0 Å². The second kappa shape index (κ2) is 3.08. The molecular weight excluding hydrogens is 180 g/mol. The largest absolute Gasteiger partial charge is 0.314 e. The Morgan fingerprint density at radius 2 is 2.38 bits per heavy atom. The van der Waals surface area contributed by atoms with Gasteiger partial charge in [-0.2, -0.15) is 11.3 Å². The van der Waals surface area contributed by atoms with Gasteiger partial charge in [0, 0.05) is 32.2 Å². The zero-order valence-corrected chi connectivity index (χ0v) is 8.44. The molecule has 3 rings (SSSR count). The van der Waals surface area contributed by atoms with E-state index in [9.17, 15) is 0 Å². The normalized spacial score (nSPS) is 28.2. The Hall–Kier alpha value is -0.380. The van der Waals surface area contributed by atoms with E-state index in [1.807, 2.05) is 11.3 Å². The first kappa shape index (κ1) is 7.97. The lowest BCUT2D eigenvalue weighted by Crippen LogP contribution is -2.48. The molecule has 2 nitrogen and oxygen atoms in total. The molecule has 1 aromatic rings. The molecular formula is C10H14N2S. The van der Waals surface area contributed by atoms with Crippen LogP contribution in [0.1, 0.15) is 17.2 Å². The van der Waals surface area contributed by atoms with E-state index in [1.165, 1.54) is 19.5 Å². The second-order valence-corrected chi connectivity index (χ2v) is 4.60. The van der Waals surface area contributed by atoms with Crippen LogP contribution < -0.4 is 5.32 Å². The molecule has 0 aliphatic carbocycles. The van der Waals surface area contributed by atoms with Crippen molar-refractivity contribution >= 4 is 11.3 Å². The number of fused-ring (bicyclic) bond motifs is 3. The van der Waals surface area contributed by atoms with E-state index in [0.29, 0.717) is 6.04 Å². The van der Waals surface area contributed by atoms with Gasteiger partial charge < -0.3 is 5.32 Å². The van der Waals surface area contributed by atoms with Crippen molar-refractivity contribution in [1.82, 2.24) is 10.2 Å². The van der Waals surface area contributed by atoms with Gasteiger partial charge in [-0.1, -0.05) is 0 Å². The maximum atomic E-state index is 3.48. The number of thiophene rings is 1. The van der Waals surface area contributed by atoms with E-state index in [1.54, 1.807) is 11.1 Å². The Bertz CT molecular complexity index is 308. The molecule has 2 aliphatic heterocycles. The lowest BCUT2D eigenvalue weighted by atomic mass is 9.95. The number of hydrogen-bond acceptors (Lipinski definition) is 3. The molecule has 13 heavy (non-hydrogen) atoms. The first-order valence-electron chi connectivity index (χ1n) is 4.95. The fraction of sp³-hybridized carbons (Fsp3) is 0.600. The molecule has 70 valence electrons. The van der Waals surface area contributed by atoms with E-state index in [2.05, 4.69) is 21.0 Å². The van der Waals surface area contributed by atoms with Gasteiger partial charge in [0.15, 0.2) is 0 Å². The maximum absolute atomic E-state index is 3.48. The molecule has 2 aliphatic rings. The topological polar surface area (TPSA) is 15.3 Å². The van der Waals surface area contributed by atoms with Crippen LogP contribution in [0.4, 0.5) is 0 Å². The van der Waals surface area contributed by atoms with Crippen molar-refractivity contribution in [2.75, 3.05) is 26.2 Å². The van der Waals surface area contributed by atoms with Crippen LogP contribution in [-0.2, 0) is 6.42 Å². The first-order valence-corrected chi connectivity index (χ1v) is 5.89. The molecule has 1 unspecified atom stereocenters. The van der Waals surface area contributed by atoms with E-state index >= 15 is 0 Å². The SMILES string of the molecule is c1scc2c1CCN1CCNCC21. The molecule has 1 saturated heterocycles. The first-order chi connectivity index (χ1) is 6.45. The minimum atomic E-state index is 0.670. The highest BCUT2D eigenvalue weighted by Gasteiger charge is 2.29. The van der Waals surface area contributed by atoms with Crippen LogP contribution in [0.15, 0.2) is 10.8 Å². The highest BCUT2D eigenvalue weighted by atomic mass is 32.1. The number of hydrogen-bond donors (Lipinski definition) is 1. The molecule has 1 atom stereocenters. The van der Waals surface area contributed by atoms with Crippen LogP contribution in [0.5, 0.6) is 0 Å². The van der Waals surface area contributed by atoms with E-state index in [4.69, 9.17) is 0 Å². The molecule has 3 heteroatoms. The summed E-state index contributed by atoms with van der Waals surface area (Å²) in [7, 11) is 0. The highest BCUT2D eigenvalue weighted by Crippen LogP contribution is 2.32. The molecule has 1 aromatic heterocycles. The van der Waals surface area contributed by atoms with Crippen LogP contribution in [0.25, 0.3) is 0 Å². The molecule has 0 bridgehead atoms. The van der Waals surface area contributed by atoms with Crippen molar-refractivity contribution < 1.29 is 0 Å². The fourth-order valence-electron chi connectivity index (χ4n) is 2.41. The van der Waals surface area contributed by atoms with Crippen LogP contribution in [0, 0.1) is 0 Å². The smallest absolute Gasteiger partial charge is 0.0484 e. The summed E-state index contributed by atoms with van der Waals surface area (Å²) in [6, 6.07) is 0.670. The summed E-state index contributed by atoms with van der Waals surface area (Å²) in [5, 5.41) is 8.13. The summed E-state index contributed by atoms with van der Waals surface area (Å²) in [5.41, 5.74) is 3.18. The Morgan fingerprint density at radius 1 is 1.38 bits per heavy atom. The van der Waals surface area contributed by atoms with Gasteiger partial charge in [-0.25, -0.2) is 0 Å². The molecule has 1 fully saturated rings. The third-order valence-electron chi connectivity index (χ3n) is 3.16. The van der Waals surface area contributed by atoms with Gasteiger partial charge in [-0.15, -0.1) is 0 Å². The molecule has 3 heterocycles. The predicted octanol–water partition coefficient (Wildman–Crippen LogP) is 1.25. The van der Waals surface area contributed by atoms with Gasteiger partial charge in [0.05, 0.1) is 0 Å². The highest BCUT2D eigenvalue weighted by molar-refractivity contribution is 7.08. The average molecular weight is 194 g/mol. The molecule has 1 N–H and O–H groups in total. The Balaban J connectivity index is 1.97. The van der Waals surface area contributed by atoms with Crippen molar-refractivity contribution in [2.45, 2.75) is 12.5 Å². The molecule has 0 amide bonds. The van der Waals surface area contributed by atoms with Crippen molar-refractivity contribution in [3.63, 3.8) is 0 Å². The van der Waals surface area contributed by atoms with Gasteiger partial charge >= 0.3 is 0 Å². The average Bonchev–Trinajstić information content (AvgIpc) is 2.65. The quantitative estimate of drug-likeness (QED) is 0.668. The lowest BCUT2D eigenvalue weighted by molar-refractivity contribution is 0.152. The Kier molecular flexibility index (Phi) is 1.89. The van der Waals surface area contributed by atoms with Gasteiger partial charge in [0.25, 0.3) is 0 Å². The molecule has 0 spiro atoms. The van der Waals surface area contributed by atoms with Crippen molar-refractivity contribution in [3.05, 3.63) is 21.9 Å². The number of nitrogens with zero attached hydrogens (tertiary/aromatic N) is 1. The number of rotatable bonds is 0. The van der Waals surface area contributed by atoms with Crippen LogP contribution in [-0.4, -0.2) is 31.1 Å². The molecule has 0 aromatic carbocycles. The third-order valence-corrected chi connectivity index (χ3v) is 3.97. The van der Waals surface area contributed by atoms with Crippen molar-refractivity contribution in [3.8, 4) is 0 Å². The summed E-state index contributed by atoms with van der Waals surface area (Å²) in [4.78, 5) is 2.62. The Labute approximate surface area is 82.6 Å². The summed E-state index contributed by atoms with van der Waals surface area (Å²) < 4.78 is 0. The zero-order valence-electron chi connectivity index (χ0n) is 7.62. The van der Waals surface area contributed by atoms with E-state index in [0.717, 1.165) is 13.1 Å². The molecule has 0 radical (unpaired) electrons. The summed E-state index contributed by atoms with van der Waals surface area (Å²) in [6.45, 7) is 4.79. The van der Waals surface area contributed by atoms with Crippen molar-refractivity contribution in [1.29, 1.82) is 0 Å². The Morgan fingerprint density at radius 3 is 3.38 bits per heavy atom. The zero-order chi connectivity index (χ0) is 8.67. The standard InChI is InChI=1S/C10H14N2S/c1-3-12-4-2-11-5-10(12)9-7-13-6-8(1)9/h6-7,10-11H,1-5H2. The molecule has 0 saturated carbocycles. The van der Waals surface area contributed by atoms with Crippen LogP contribution in [0.2, 0.25) is 0 Å². The van der Waals surface area contributed by atoms with Gasteiger partial charge in [-0.05, 0) is 28.3 Å². The third kappa shape index (κ3) is 1.23. The van der Waals surface area contributed by atoms with Gasteiger partial charge in [-0.3, -0.25) is 4.90 Å². The fourth-order valence-corrected chi connectivity index (χ4v) is 3.36.